The first-order chi connectivity index (χ1) is 14.7. The summed E-state index contributed by atoms with van der Waals surface area (Å²) < 4.78 is 0. The molecular weight excluding hydrogens is 441 g/mol. The molecular formula is C26H32S4. The highest BCUT2D eigenvalue weighted by molar-refractivity contribution is 7.99. The Balaban J connectivity index is 1.14. The van der Waals surface area contributed by atoms with Crippen molar-refractivity contribution in [3.8, 4) is 0 Å². The lowest BCUT2D eigenvalue weighted by Gasteiger charge is -2.31. The van der Waals surface area contributed by atoms with Crippen molar-refractivity contribution in [1.82, 2.24) is 0 Å². The predicted octanol–water partition coefficient (Wildman–Crippen LogP) is 7.52. The van der Waals surface area contributed by atoms with Crippen molar-refractivity contribution in [1.29, 1.82) is 0 Å². The van der Waals surface area contributed by atoms with E-state index in [-0.39, 0.29) is 0 Å². The standard InChI is InChI=1S/C26H32S4/c27-13-17-3-1-5-19(7-17)15-29-22-11-23-21-9-25(24(23)12-22)26(10-21)30-16-20-6-2-4-18(8-20)14-28/h1-8,21-28H,9-16H2. The van der Waals surface area contributed by atoms with E-state index in [0.717, 1.165) is 45.7 Å². The molecule has 3 aliphatic carbocycles. The summed E-state index contributed by atoms with van der Waals surface area (Å²) in [4.78, 5) is 0. The maximum absolute atomic E-state index is 4.44. The number of benzene rings is 2. The van der Waals surface area contributed by atoms with E-state index in [2.05, 4.69) is 97.3 Å². The van der Waals surface area contributed by atoms with Crippen molar-refractivity contribution in [3.63, 3.8) is 0 Å². The third-order valence-electron chi connectivity index (χ3n) is 7.66. The van der Waals surface area contributed by atoms with Crippen molar-refractivity contribution < 1.29 is 0 Å². The topological polar surface area (TPSA) is 0 Å². The van der Waals surface area contributed by atoms with Crippen molar-refractivity contribution in [3.05, 3.63) is 70.8 Å². The van der Waals surface area contributed by atoms with Crippen LogP contribution in [0.5, 0.6) is 0 Å². The monoisotopic (exact) mass is 472 g/mol. The second kappa shape index (κ2) is 9.77. The van der Waals surface area contributed by atoms with Gasteiger partial charge in [-0.3, -0.25) is 0 Å². The molecule has 2 bridgehead atoms. The van der Waals surface area contributed by atoms with Gasteiger partial charge in [0.05, 0.1) is 0 Å². The Bertz CT molecular complexity index is 866. The first-order valence-corrected chi connectivity index (χ1v) is 14.7. The Kier molecular flexibility index (Phi) is 7.06. The van der Waals surface area contributed by atoms with Crippen LogP contribution >= 0.6 is 48.8 Å². The average Bonchev–Trinajstić information content (AvgIpc) is 3.48. The maximum Gasteiger partial charge on any atom is 0.0187 e. The Labute approximate surface area is 201 Å². The fraction of sp³-hybridized carbons (Fsp3) is 0.538. The highest BCUT2D eigenvalue weighted by Gasteiger charge is 2.55. The van der Waals surface area contributed by atoms with Gasteiger partial charge in [0.25, 0.3) is 0 Å². The minimum Gasteiger partial charge on any atom is -0.175 e. The molecule has 0 aliphatic heterocycles. The lowest BCUT2D eigenvalue weighted by atomic mass is 9.81. The van der Waals surface area contributed by atoms with Gasteiger partial charge in [0.1, 0.15) is 0 Å². The molecule has 5 rings (SSSR count). The molecule has 0 amide bonds. The predicted molar refractivity (Wildman–Crippen MR) is 141 cm³/mol. The van der Waals surface area contributed by atoms with Crippen LogP contribution in [0.15, 0.2) is 48.5 Å². The second-order valence-electron chi connectivity index (χ2n) is 9.43. The quantitative estimate of drug-likeness (QED) is 0.381. The molecule has 6 unspecified atom stereocenters. The molecule has 0 heterocycles. The number of thioether (sulfide) groups is 2. The molecule has 0 spiro atoms. The summed E-state index contributed by atoms with van der Waals surface area (Å²) in [5, 5.41) is 1.77. The molecule has 3 fully saturated rings. The molecule has 0 aromatic heterocycles. The number of hydrogen-bond donors (Lipinski definition) is 2. The van der Waals surface area contributed by atoms with Crippen molar-refractivity contribution in [2.75, 3.05) is 0 Å². The van der Waals surface area contributed by atoms with Crippen LogP contribution in [0, 0.1) is 23.7 Å². The zero-order valence-electron chi connectivity index (χ0n) is 17.5. The zero-order chi connectivity index (χ0) is 20.5. The van der Waals surface area contributed by atoms with Crippen LogP contribution < -0.4 is 0 Å². The van der Waals surface area contributed by atoms with Crippen LogP contribution in [0.1, 0.15) is 47.9 Å². The molecule has 3 saturated carbocycles. The van der Waals surface area contributed by atoms with E-state index in [0.29, 0.717) is 0 Å². The van der Waals surface area contributed by atoms with Crippen LogP contribution in [0.2, 0.25) is 0 Å². The van der Waals surface area contributed by atoms with Gasteiger partial charge in [0.2, 0.25) is 0 Å². The molecule has 0 saturated heterocycles. The van der Waals surface area contributed by atoms with Crippen LogP contribution in [0.3, 0.4) is 0 Å². The van der Waals surface area contributed by atoms with Gasteiger partial charge in [0.15, 0.2) is 0 Å². The Morgan fingerprint density at radius 1 is 0.667 bits per heavy atom. The normalized spacial score (nSPS) is 31.9. The summed E-state index contributed by atoms with van der Waals surface area (Å²) in [6, 6.07) is 18.0. The molecule has 2 aromatic rings. The van der Waals surface area contributed by atoms with Crippen LogP contribution in [-0.4, -0.2) is 10.5 Å². The Morgan fingerprint density at radius 2 is 1.27 bits per heavy atom. The minimum atomic E-state index is 0.841. The number of rotatable bonds is 8. The van der Waals surface area contributed by atoms with Crippen molar-refractivity contribution in [2.24, 2.45) is 23.7 Å². The molecule has 2 aromatic carbocycles. The summed E-state index contributed by atoms with van der Waals surface area (Å²) in [6.07, 6.45) is 5.94. The summed E-state index contributed by atoms with van der Waals surface area (Å²) in [5.74, 6) is 8.05. The van der Waals surface area contributed by atoms with Crippen LogP contribution in [0.4, 0.5) is 0 Å². The van der Waals surface area contributed by atoms with E-state index >= 15 is 0 Å². The molecule has 0 nitrogen and oxygen atoms in total. The average molecular weight is 473 g/mol. The highest BCUT2D eigenvalue weighted by Crippen LogP contribution is 2.62. The zero-order valence-corrected chi connectivity index (χ0v) is 20.9. The van der Waals surface area contributed by atoms with Gasteiger partial charge in [-0.2, -0.15) is 48.8 Å². The smallest absolute Gasteiger partial charge is 0.0187 e. The Hall–Kier alpha value is -0.160. The lowest BCUT2D eigenvalue weighted by Crippen LogP contribution is -2.26. The highest BCUT2D eigenvalue weighted by atomic mass is 32.2. The van der Waals surface area contributed by atoms with E-state index in [4.69, 9.17) is 0 Å². The minimum absolute atomic E-state index is 0.841. The van der Waals surface area contributed by atoms with Gasteiger partial charge in [-0.05, 0) is 71.6 Å². The number of thiol groups is 2. The van der Waals surface area contributed by atoms with Gasteiger partial charge >= 0.3 is 0 Å². The molecule has 30 heavy (non-hydrogen) atoms. The number of hydrogen-bond acceptors (Lipinski definition) is 4. The van der Waals surface area contributed by atoms with Crippen LogP contribution in [0.25, 0.3) is 0 Å². The van der Waals surface area contributed by atoms with Crippen molar-refractivity contribution >= 4 is 48.8 Å². The molecule has 0 N–H and O–H groups in total. The first kappa shape index (κ1) is 21.7. The van der Waals surface area contributed by atoms with Gasteiger partial charge in [-0.25, -0.2) is 0 Å². The van der Waals surface area contributed by atoms with Gasteiger partial charge in [0, 0.05) is 33.5 Å². The summed E-state index contributed by atoms with van der Waals surface area (Å²) in [5.41, 5.74) is 5.65. The van der Waals surface area contributed by atoms with Gasteiger partial charge in [-0.15, -0.1) is 0 Å². The van der Waals surface area contributed by atoms with Gasteiger partial charge < -0.3 is 0 Å². The second-order valence-corrected chi connectivity index (χ2v) is 12.6. The summed E-state index contributed by atoms with van der Waals surface area (Å²) >= 11 is 13.3. The SMILES string of the molecule is SCc1cccc(CSC2CC3C4CC(SCc5cccc(CS)c5)C(C4)C3C2)c1. The van der Waals surface area contributed by atoms with E-state index < -0.39 is 0 Å². The molecule has 6 atom stereocenters. The number of fused-ring (bicyclic) bond motifs is 5. The fourth-order valence-electron chi connectivity index (χ4n) is 6.34. The van der Waals surface area contributed by atoms with Crippen LogP contribution in [-0.2, 0) is 23.0 Å². The van der Waals surface area contributed by atoms with E-state index in [9.17, 15) is 0 Å². The summed E-state index contributed by atoms with van der Waals surface area (Å²) in [7, 11) is 0. The van der Waals surface area contributed by atoms with E-state index in [1.807, 2.05) is 0 Å². The first-order valence-electron chi connectivity index (χ1n) is 11.3. The van der Waals surface area contributed by atoms with E-state index in [1.165, 1.54) is 59.4 Å². The third-order valence-corrected chi connectivity index (χ3v) is 11.2. The molecule has 4 heteroatoms. The maximum atomic E-state index is 4.44. The molecule has 160 valence electrons. The molecule has 0 radical (unpaired) electrons. The third kappa shape index (κ3) is 4.63. The fourth-order valence-corrected chi connectivity index (χ4v) is 9.59. The van der Waals surface area contributed by atoms with E-state index in [1.54, 1.807) is 0 Å². The lowest BCUT2D eigenvalue weighted by molar-refractivity contribution is 0.266. The van der Waals surface area contributed by atoms with Crippen molar-refractivity contribution in [2.45, 2.75) is 59.2 Å². The summed E-state index contributed by atoms with van der Waals surface area (Å²) in [6.45, 7) is 0. The largest absolute Gasteiger partial charge is 0.175 e. The molecule has 3 aliphatic rings. The van der Waals surface area contributed by atoms with Gasteiger partial charge in [-0.1, -0.05) is 48.5 Å². The Morgan fingerprint density at radius 3 is 1.93 bits per heavy atom.